The Hall–Kier alpha value is -0.0400. The van der Waals surface area contributed by atoms with Crippen LogP contribution in [0.1, 0.15) is 162 Å². The number of rotatable bonds is 25. The lowest BCUT2D eigenvalue weighted by atomic mass is 10.0. The zero-order valence-electron chi connectivity index (χ0n) is 20.2. The number of hydrogen-bond acceptors (Lipinski definition) is 1. The van der Waals surface area contributed by atoms with Gasteiger partial charge in [-0.2, -0.15) is 0 Å². The second-order valence-electron chi connectivity index (χ2n) is 9.17. The van der Waals surface area contributed by atoms with Crippen molar-refractivity contribution in [3.63, 3.8) is 0 Å². The topological polar surface area (TPSA) is 12.0 Å². The molecule has 0 unspecified atom stereocenters. The highest BCUT2D eigenvalue weighted by atomic mass is 14.8. The standard InChI is InChI=1S/C27H57N/c1-3-5-7-9-10-11-12-13-14-15-16-17-18-19-20-21-23-25-27-28-26-24-22-8-6-4-2/h28H,3-27H2,1-2H3. The quantitative estimate of drug-likeness (QED) is 0.152. The van der Waals surface area contributed by atoms with E-state index >= 15 is 0 Å². The molecule has 0 radical (unpaired) electrons. The van der Waals surface area contributed by atoms with Gasteiger partial charge in [0, 0.05) is 0 Å². The van der Waals surface area contributed by atoms with Crippen LogP contribution in [0.4, 0.5) is 0 Å². The third-order valence-corrected chi connectivity index (χ3v) is 6.16. The summed E-state index contributed by atoms with van der Waals surface area (Å²) in [5.74, 6) is 0. The molecule has 1 heteroatoms. The number of nitrogens with one attached hydrogen (secondary N) is 1. The van der Waals surface area contributed by atoms with E-state index in [1.807, 2.05) is 0 Å². The molecule has 0 saturated carbocycles. The first-order valence-electron chi connectivity index (χ1n) is 13.6. The lowest BCUT2D eigenvalue weighted by Crippen LogP contribution is -2.16. The molecule has 0 aromatic carbocycles. The van der Waals surface area contributed by atoms with Crippen LogP contribution < -0.4 is 5.32 Å². The predicted molar refractivity (Wildman–Crippen MR) is 130 cm³/mol. The first-order valence-corrected chi connectivity index (χ1v) is 13.6. The van der Waals surface area contributed by atoms with Crippen molar-refractivity contribution >= 4 is 0 Å². The third kappa shape index (κ3) is 26.0. The van der Waals surface area contributed by atoms with E-state index < -0.39 is 0 Å². The molecular formula is C27H57N. The highest BCUT2D eigenvalue weighted by Crippen LogP contribution is 2.14. The van der Waals surface area contributed by atoms with Crippen LogP contribution in [-0.4, -0.2) is 13.1 Å². The lowest BCUT2D eigenvalue weighted by Gasteiger charge is -2.05. The molecule has 0 spiro atoms. The van der Waals surface area contributed by atoms with Crippen molar-refractivity contribution in [3.8, 4) is 0 Å². The van der Waals surface area contributed by atoms with E-state index in [9.17, 15) is 0 Å². The monoisotopic (exact) mass is 395 g/mol. The highest BCUT2D eigenvalue weighted by Gasteiger charge is 1.95. The summed E-state index contributed by atoms with van der Waals surface area (Å²) in [6.07, 6.45) is 33.3. The molecule has 0 aliphatic rings. The van der Waals surface area contributed by atoms with Crippen LogP contribution in [0.15, 0.2) is 0 Å². The van der Waals surface area contributed by atoms with Gasteiger partial charge in [0.25, 0.3) is 0 Å². The van der Waals surface area contributed by atoms with Gasteiger partial charge < -0.3 is 5.32 Å². The average Bonchev–Trinajstić information content (AvgIpc) is 2.71. The van der Waals surface area contributed by atoms with Gasteiger partial charge in [-0.25, -0.2) is 0 Å². The molecule has 0 saturated heterocycles. The molecule has 0 amide bonds. The molecule has 0 aliphatic heterocycles. The summed E-state index contributed by atoms with van der Waals surface area (Å²) >= 11 is 0. The first-order chi connectivity index (χ1) is 13.9. The van der Waals surface area contributed by atoms with Gasteiger partial charge >= 0.3 is 0 Å². The van der Waals surface area contributed by atoms with Crippen LogP contribution in [-0.2, 0) is 0 Å². The van der Waals surface area contributed by atoms with E-state index in [0.29, 0.717) is 0 Å². The van der Waals surface area contributed by atoms with Crippen LogP contribution in [0.25, 0.3) is 0 Å². The van der Waals surface area contributed by atoms with Gasteiger partial charge in [0.2, 0.25) is 0 Å². The molecule has 0 aliphatic carbocycles. The smallest absolute Gasteiger partial charge is 0.00489 e. The first kappa shape index (κ1) is 28.0. The molecule has 170 valence electrons. The Morgan fingerprint density at radius 3 is 0.750 bits per heavy atom. The summed E-state index contributed by atoms with van der Waals surface area (Å²) in [4.78, 5) is 0. The molecule has 1 N–H and O–H groups in total. The Balaban J connectivity index is 2.96. The Kier molecular flexibility index (Phi) is 26.9. The van der Waals surface area contributed by atoms with E-state index in [0.717, 1.165) is 0 Å². The largest absolute Gasteiger partial charge is 0.317 e. The minimum Gasteiger partial charge on any atom is -0.317 e. The van der Waals surface area contributed by atoms with E-state index in [2.05, 4.69) is 19.2 Å². The van der Waals surface area contributed by atoms with E-state index in [1.54, 1.807) is 0 Å². The van der Waals surface area contributed by atoms with E-state index in [1.165, 1.54) is 161 Å². The maximum atomic E-state index is 3.62. The van der Waals surface area contributed by atoms with Crippen LogP contribution in [0, 0.1) is 0 Å². The molecule has 1 nitrogen and oxygen atoms in total. The zero-order valence-corrected chi connectivity index (χ0v) is 20.2. The van der Waals surface area contributed by atoms with Crippen LogP contribution >= 0.6 is 0 Å². The summed E-state index contributed by atoms with van der Waals surface area (Å²) in [5.41, 5.74) is 0. The number of unbranched alkanes of at least 4 members (excludes halogenated alkanes) is 21. The summed E-state index contributed by atoms with van der Waals surface area (Å²) in [6, 6.07) is 0. The van der Waals surface area contributed by atoms with Gasteiger partial charge in [-0.1, -0.05) is 149 Å². The summed E-state index contributed by atoms with van der Waals surface area (Å²) in [5, 5.41) is 3.62. The van der Waals surface area contributed by atoms with Crippen LogP contribution in [0.3, 0.4) is 0 Å². The Labute approximate surface area is 180 Å². The Morgan fingerprint density at radius 2 is 0.500 bits per heavy atom. The molecule has 28 heavy (non-hydrogen) atoms. The van der Waals surface area contributed by atoms with Crippen molar-refractivity contribution in [1.29, 1.82) is 0 Å². The normalized spacial score (nSPS) is 11.4. The maximum absolute atomic E-state index is 3.62. The minimum absolute atomic E-state index is 1.24. The van der Waals surface area contributed by atoms with Crippen molar-refractivity contribution < 1.29 is 0 Å². The second-order valence-corrected chi connectivity index (χ2v) is 9.17. The molecule has 0 rings (SSSR count). The molecule has 0 bridgehead atoms. The van der Waals surface area contributed by atoms with Gasteiger partial charge in [0.15, 0.2) is 0 Å². The second kappa shape index (κ2) is 27.0. The van der Waals surface area contributed by atoms with Gasteiger partial charge in [-0.3, -0.25) is 0 Å². The fraction of sp³-hybridized carbons (Fsp3) is 1.00. The molecule has 0 atom stereocenters. The molecule has 0 fully saturated rings. The summed E-state index contributed by atoms with van der Waals surface area (Å²) in [7, 11) is 0. The average molecular weight is 396 g/mol. The van der Waals surface area contributed by atoms with E-state index in [4.69, 9.17) is 0 Å². The fourth-order valence-electron chi connectivity index (χ4n) is 4.13. The predicted octanol–water partition coefficient (Wildman–Crippen LogP) is 9.59. The summed E-state index contributed by atoms with van der Waals surface area (Å²) < 4.78 is 0. The van der Waals surface area contributed by atoms with Crippen molar-refractivity contribution in [1.82, 2.24) is 5.32 Å². The van der Waals surface area contributed by atoms with Gasteiger partial charge in [0.05, 0.1) is 0 Å². The molecule has 0 aromatic rings. The SMILES string of the molecule is CCCCCCCCCCCCCCCCCCCCNCCCCCCC. The van der Waals surface area contributed by atoms with E-state index in [-0.39, 0.29) is 0 Å². The van der Waals surface area contributed by atoms with Gasteiger partial charge in [-0.15, -0.1) is 0 Å². The fourth-order valence-corrected chi connectivity index (χ4v) is 4.13. The molecular weight excluding hydrogens is 338 g/mol. The number of hydrogen-bond donors (Lipinski definition) is 1. The van der Waals surface area contributed by atoms with Gasteiger partial charge in [0.1, 0.15) is 0 Å². The minimum atomic E-state index is 1.24. The van der Waals surface area contributed by atoms with Crippen molar-refractivity contribution in [3.05, 3.63) is 0 Å². The lowest BCUT2D eigenvalue weighted by molar-refractivity contribution is 0.519. The van der Waals surface area contributed by atoms with Crippen molar-refractivity contribution in [2.45, 2.75) is 162 Å². The Morgan fingerprint density at radius 1 is 0.286 bits per heavy atom. The highest BCUT2D eigenvalue weighted by molar-refractivity contribution is 4.53. The Bertz CT molecular complexity index is 225. The summed E-state index contributed by atoms with van der Waals surface area (Å²) in [6.45, 7) is 7.07. The van der Waals surface area contributed by atoms with Crippen molar-refractivity contribution in [2.24, 2.45) is 0 Å². The van der Waals surface area contributed by atoms with Crippen LogP contribution in [0.2, 0.25) is 0 Å². The zero-order chi connectivity index (χ0) is 20.4. The molecule has 0 aromatic heterocycles. The molecule has 0 heterocycles. The van der Waals surface area contributed by atoms with Gasteiger partial charge in [-0.05, 0) is 25.9 Å². The third-order valence-electron chi connectivity index (χ3n) is 6.16. The van der Waals surface area contributed by atoms with Crippen LogP contribution in [0.5, 0.6) is 0 Å². The van der Waals surface area contributed by atoms with Crippen molar-refractivity contribution in [2.75, 3.05) is 13.1 Å². The maximum Gasteiger partial charge on any atom is -0.00489 e.